The number of carbonyl (C=O) groups excluding carboxylic acids is 3. The van der Waals surface area contributed by atoms with Gasteiger partial charge in [-0.1, -0.05) is 11.6 Å². The number of likely N-dealkylation sites (N-methyl/N-ethyl adjacent to an activating group) is 1. The number of piperidine rings is 1. The quantitative estimate of drug-likeness (QED) is 0.162. The third-order valence-corrected chi connectivity index (χ3v) is 13.2. The number of piperazine rings is 2. The topological polar surface area (TPSA) is 185 Å². The highest BCUT2D eigenvalue weighted by atomic mass is 35.5. The summed E-state index contributed by atoms with van der Waals surface area (Å²) in [5.74, 6) is -1.77. The summed E-state index contributed by atoms with van der Waals surface area (Å²) in [5, 5.41) is 21.8. The maximum atomic E-state index is 14.4. The smallest absolute Gasteiger partial charge is 0.433 e. The van der Waals surface area contributed by atoms with Gasteiger partial charge in [0, 0.05) is 103 Å². The Balaban J connectivity index is 0.889. The van der Waals surface area contributed by atoms with Crippen LogP contribution in [0.5, 0.6) is 0 Å². The molecule has 4 saturated heterocycles. The largest absolute Gasteiger partial charge is 0.477 e. The van der Waals surface area contributed by atoms with Gasteiger partial charge in [0.1, 0.15) is 11.4 Å². The number of aromatic amines is 1. The Morgan fingerprint density at radius 2 is 1.62 bits per heavy atom. The minimum Gasteiger partial charge on any atom is -0.477 e. The lowest BCUT2D eigenvalue weighted by molar-refractivity contribution is -0.929. The van der Waals surface area contributed by atoms with E-state index >= 15 is 0 Å². The number of hydrogen-bond donors (Lipinski definition) is 4. The molecule has 8 rings (SSSR count). The highest BCUT2D eigenvalue weighted by Gasteiger charge is 2.43. The Hall–Kier alpha value is -5.57. The number of nitrogens with zero attached hydrogens (tertiary/aromatic N) is 9. The van der Waals surface area contributed by atoms with Crippen LogP contribution in [0.15, 0.2) is 42.7 Å². The number of halogens is 4. The summed E-state index contributed by atoms with van der Waals surface area (Å²) in [7, 11) is 3.47. The van der Waals surface area contributed by atoms with Crippen molar-refractivity contribution in [1.82, 2.24) is 44.7 Å². The van der Waals surface area contributed by atoms with E-state index in [2.05, 4.69) is 40.6 Å². The van der Waals surface area contributed by atoms with E-state index in [1.54, 1.807) is 28.1 Å². The van der Waals surface area contributed by atoms with Crippen LogP contribution in [0.4, 0.5) is 24.5 Å². The summed E-state index contributed by atoms with van der Waals surface area (Å²) in [5.41, 5.74) is -0.00336. The normalized spacial score (nSPS) is 21.3. The summed E-state index contributed by atoms with van der Waals surface area (Å²) in [6.45, 7) is 8.59. The van der Waals surface area contributed by atoms with E-state index in [9.17, 15) is 37.5 Å². The molecule has 4 aromatic rings. The van der Waals surface area contributed by atoms with Gasteiger partial charge in [-0.05, 0) is 37.4 Å². The minimum absolute atomic E-state index is 0.0186. The van der Waals surface area contributed by atoms with E-state index in [-0.39, 0.29) is 69.0 Å². The molecule has 4 aliphatic heterocycles. The standard InChI is InChI=1S/C42H50ClF3N12O5/c1-53-9-11-55(12-10-53)29-4-6-32(48-22-29)36-35(37(52-51-36)42(44,45)46)33-23-49-38(54(33)2)39(61)50-28-3-5-30(31(43)19-28)41(63)57-15-13-56(14-16-57)40(62)27-7-17-58(18-8-27,25-34(59)60)24-26-20-47-21-26/h3-6,19,22-23,26-27,47H,7-18,20-21,24-25H2,1-2H3,(H2-,48,50,51,52,59,60,61,63)/p+1. The number of nitrogens with one attached hydrogen (secondary N) is 3. The maximum Gasteiger partial charge on any atom is 0.433 e. The first-order valence-electron chi connectivity index (χ1n) is 21.1. The fourth-order valence-electron chi connectivity index (χ4n) is 9.20. The average molecular weight is 896 g/mol. The van der Waals surface area contributed by atoms with Crippen LogP contribution >= 0.6 is 11.6 Å². The molecule has 21 heteroatoms. The lowest BCUT2D eigenvalue weighted by Crippen LogP contribution is -2.62. The SMILES string of the molecule is CN1CCN(c2ccc(-c3n[nH]c(C(F)(F)F)c3-c3cnc(C(=O)Nc4ccc(C(=O)N5CCN(C(=O)C6CC[N+](CC(=O)O)(CC7CNC7)CC6)CC5)c(Cl)c4)n3C)nc2)CC1. The van der Waals surface area contributed by atoms with Crippen LogP contribution in [0.25, 0.3) is 22.6 Å². The number of carboxylic acids is 1. The average Bonchev–Trinajstić information content (AvgIpc) is 3.86. The van der Waals surface area contributed by atoms with Crippen molar-refractivity contribution >= 4 is 46.7 Å². The fraction of sp³-hybridized carbons (Fsp3) is 0.500. The monoisotopic (exact) mass is 895 g/mol. The number of benzene rings is 1. The van der Waals surface area contributed by atoms with Crippen molar-refractivity contribution in [1.29, 1.82) is 0 Å². The van der Waals surface area contributed by atoms with Crippen molar-refractivity contribution in [3.63, 3.8) is 0 Å². The molecule has 0 bridgehead atoms. The lowest BCUT2D eigenvalue weighted by Gasteiger charge is -2.46. The second-order valence-electron chi connectivity index (χ2n) is 17.1. The predicted octanol–water partition coefficient (Wildman–Crippen LogP) is 3.36. The minimum atomic E-state index is -4.81. The molecule has 17 nitrogen and oxygen atoms in total. The van der Waals surface area contributed by atoms with Crippen LogP contribution in [0.3, 0.4) is 0 Å². The Bertz CT molecular complexity index is 2340. The van der Waals surface area contributed by atoms with E-state index < -0.39 is 23.7 Å². The molecule has 0 spiro atoms. The molecule has 4 N–H and O–H groups in total. The van der Waals surface area contributed by atoms with E-state index in [1.165, 1.54) is 36.0 Å². The number of alkyl halides is 3. The van der Waals surface area contributed by atoms with Gasteiger partial charge in [-0.15, -0.1) is 0 Å². The Morgan fingerprint density at radius 1 is 0.921 bits per heavy atom. The maximum absolute atomic E-state index is 14.4. The number of likely N-dealkylation sites (tertiary alicyclic amines) is 1. The van der Waals surface area contributed by atoms with Gasteiger partial charge in [0.2, 0.25) is 5.91 Å². The summed E-state index contributed by atoms with van der Waals surface area (Å²) in [4.78, 5) is 68.8. The molecule has 1 aromatic carbocycles. The van der Waals surface area contributed by atoms with Crippen molar-refractivity contribution in [2.75, 3.05) is 109 Å². The molecule has 336 valence electrons. The first kappa shape index (κ1) is 44.1. The summed E-state index contributed by atoms with van der Waals surface area (Å²) in [6, 6.07) is 7.83. The number of imidazole rings is 1. The second-order valence-corrected chi connectivity index (χ2v) is 17.5. The van der Waals surface area contributed by atoms with E-state index in [0.29, 0.717) is 62.5 Å². The zero-order valence-corrected chi connectivity index (χ0v) is 35.9. The number of pyridine rings is 1. The van der Waals surface area contributed by atoms with Crippen LogP contribution in [0.2, 0.25) is 5.02 Å². The molecule has 0 radical (unpaired) electrons. The van der Waals surface area contributed by atoms with Crippen LogP contribution in [0.1, 0.15) is 39.5 Å². The molecule has 0 atom stereocenters. The molecule has 0 unspecified atom stereocenters. The van der Waals surface area contributed by atoms with Gasteiger partial charge in [0.15, 0.2) is 12.4 Å². The summed E-state index contributed by atoms with van der Waals surface area (Å²) < 4.78 is 44.8. The van der Waals surface area contributed by atoms with Crippen molar-refractivity contribution in [3.05, 3.63) is 64.8 Å². The third-order valence-electron chi connectivity index (χ3n) is 12.9. The van der Waals surface area contributed by atoms with E-state index in [1.807, 2.05) is 7.05 Å². The number of carboxylic acid groups (broad SMARTS) is 1. The van der Waals surface area contributed by atoms with Crippen molar-refractivity contribution in [3.8, 4) is 22.6 Å². The number of amides is 3. The number of rotatable bonds is 11. The number of aromatic nitrogens is 5. The molecule has 4 aliphatic rings. The molecular weight excluding hydrogens is 845 g/mol. The van der Waals surface area contributed by atoms with Crippen LogP contribution in [-0.4, -0.2) is 171 Å². The van der Waals surface area contributed by atoms with Gasteiger partial charge < -0.3 is 44.4 Å². The molecule has 0 aliphatic carbocycles. The third kappa shape index (κ3) is 9.39. The second kappa shape index (κ2) is 17.9. The van der Waals surface area contributed by atoms with Gasteiger partial charge in [-0.3, -0.25) is 24.5 Å². The molecule has 3 amide bonds. The molecule has 7 heterocycles. The molecule has 0 saturated carbocycles. The number of H-pyrrole nitrogens is 1. The Kier molecular flexibility index (Phi) is 12.5. The number of aliphatic carboxylic acids is 1. The highest BCUT2D eigenvalue weighted by molar-refractivity contribution is 6.34. The van der Waals surface area contributed by atoms with Crippen molar-refractivity contribution in [2.24, 2.45) is 18.9 Å². The number of anilines is 2. The Morgan fingerprint density at radius 3 is 2.22 bits per heavy atom. The number of carbonyl (C=O) groups is 4. The molecule has 4 fully saturated rings. The summed E-state index contributed by atoms with van der Waals surface area (Å²) in [6.07, 6.45) is -0.768. The predicted molar refractivity (Wildman–Crippen MR) is 227 cm³/mol. The first-order valence-corrected chi connectivity index (χ1v) is 21.5. The zero-order chi connectivity index (χ0) is 44.6. The first-order chi connectivity index (χ1) is 30.1. The van der Waals surface area contributed by atoms with Gasteiger partial charge in [-0.2, -0.15) is 18.3 Å². The van der Waals surface area contributed by atoms with Crippen molar-refractivity contribution in [2.45, 2.75) is 19.0 Å². The number of hydrogen-bond acceptors (Lipinski definition) is 10. The van der Waals surface area contributed by atoms with E-state index in [4.69, 9.17) is 11.6 Å². The summed E-state index contributed by atoms with van der Waals surface area (Å²) >= 11 is 6.60. The van der Waals surface area contributed by atoms with Gasteiger partial charge in [0.05, 0.1) is 65.3 Å². The van der Waals surface area contributed by atoms with Gasteiger partial charge in [-0.25, -0.2) is 9.78 Å². The number of quaternary nitrogens is 1. The van der Waals surface area contributed by atoms with E-state index in [0.717, 1.165) is 51.5 Å². The van der Waals surface area contributed by atoms with Crippen LogP contribution < -0.4 is 15.5 Å². The highest BCUT2D eigenvalue weighted by Crippen LogP contribution is 2.41. The van der Waals surface area contributed by atoms with Crippen LogP contribution in [-0.2, 0) is 22.8 Å². The zero-order valence-electron chi connectivity index (χ0n) is 35.1. The molecule has 63 heavy (non-hydrogen) atoms. The molecular formula is C42H51ClF3N12O5+. The molecule has 3 aromatic heterocycles. The van der Waals surface area contributed by atoms with Crippen molar-refractivity contribution < 1.29 is 41.9 Å². The van der Waals surface area contributed by atoms with Gasteiger partial charge >= 0.3 is 12.1 Å². The van der Waals surface area contributed by atoms with Crippen LogP contribution in [0, 0.1) is 11.8 Å². The lowest BCUT2D eigenvalue weighted by atomic mass is 9.90. The van der Waals surface area contributed by atoms with Gasteiger partial charge in [0.25, 0.3) is 11.8 Å². The fourth-order valence-corrected chi connectivity index (χ4v) is 9.47. The Labute approximate surface area is 366 Å².